The molecule has 0 radical (unpaired) electrons. The molecule has 94 valence electrons. The number of carbonyl (C=O) groups is 1. The summed E-state index contributed by atoms with van der Waals surface area (Å²) < 4.78 is 0. The van der Waals surface area contributed by atoms with Gasteiger partial charge in [-0.25, -0.2) is 0 Å². The first-order valence-corrected chi connectivity index (χ1v) is 5.94. The van der Waals surface area contributed by atoms with E-state index in [9.17, 15) is 4.79 Å². The Labute approximate surface area is 103 Å². The van der Waals surface area contributed by atoms with Crippen molar-refractivity contribution >= 4 is 5.91 Å². The van der Waals surface area contributed by atoms with Crippen molar-refractivity contribution in [1.29, 1.82) is 0 Å². The van der Waals surface area contributed by atoms with Gasteiger partial charge in [-0.3, -0.25) is 4.79 Å². The first kappa shape index (κ1) is 13.7. The van der Waals surface area contributed by atoms with E-state index in [1.807, 2.05) is 0 Å². The molecule has 0 aliphatic heterocycles. The van der Waals surface area contributed by atoms with Crippen LogP contribution in [0.5, 0.6) is 0 Å². The van der Waals surface area contributed by atoms with Crippen molar-refractivity contribution < 1.29 is 9.90 Å². The highest BCUT2D eigenvalue weighted by Gasteiger charge is 2.08. The van der Waals surface area contributed by atoms with E-state index >= 15 is 0 Å². The van der Waals surface area contributed by atoms with Gasteiger partial charge in [-0.2, -0.15) is 0 Å². The van der Waals surface area contributed by atoms with Gasteiger partial charge in [0.05, 0.1) is 0 Å². The standard InChI is InChI=1S/C14H21NO2/c1-9-7-11(3)13(8-10(9)2)5-6-15-14(17)12(4)16/h7-8,12,16H,5-6H2,1-4H3,(H,15,17). The molecule has 1 aromatic rings. The van der Waals surface area contributed by atoms with Crippen LogP contribution in [-0.2, 0) is 11.2 Å². The number of hydrogen-bond donors (Lipinski definition) is 2. The molecule has 0 aromatic heterocycles. The minimum absolute atomic E-state index is 0.313. The van der Waals surface area contributed by atoms with Crippen molar-refractivity contribution in [3.05, 3.63) is 34.4 Å². The normalized spacial score (nSPS) is 12.3. The molecule has 1 atom stereocenters. The van der Waals surface area contributed by atoms with Crippen LogP contribution in [-0.4, -0.2) is 23.7 Å². The highest BCUT2D eigenvalue weighted by Crippen LogP contribution is 2.15. The Morgan fingerprint density at radius 3 is 2.41 bits per heavy atom. The zero-order valence-corrected chi connectivity index (χ0v) is 11.0. The van der Waals surface area contributed by atoms with Gasteiger partial charge >= 0.3 is 0 Å². The SMILES string of the molecule is Cc1cc(C)c(CCNC(=O)C(C)O)cc1C. The lowest BCUT2D eigenvalue weighted by molar-refractivity contribution is -0.128. The minimum atomic E-state index is -0.934. The van der Waals surface area contributed by atoms with Crippen LogP contribution in [0, 0.1) is 20.8 Å². The van der Waals surface area contributed by atoms with Crippen molar-refractivity contribution in [3.63, 3.8) is 0 Å². The summed E-state index contributed by atoms with van der Waals surface area (Å²) in [5.41, 5.74) is 5.06. The molecule has 0 aliphatic rings. The van der Waals surface area contributed by atoms with Crippen LogP contribution in [0.4, 0.5) is 0 Å². The van der Waals surface area contributed by atoms with Crippen molar-refractivity contribution in [2.24, 2.45) is 0 Å². The van der Waals surface area contributed by atoms with Crippen molar-refractivity contribution in [1.82, 2.24) is 5.32 Å². The number of aliphatic hydroxyl groups excluding tert-OH is 1. The van der Waals surface area contributed by atoms with Gasteiger partial charge in [0, 0.05) is 6.54 Å². The van der Waals surface area contributed by atoms with Gasteiger partial charge in [-0.1, -0.05) is 12.1 Å². The molecule has 3 heteroatoms. The van der Waals surface area contributed by atoms with Gasteiger partial charge in [-0.05, 0) is 56.4 Å². The third-order valence-corrected chi connectivity index (χ3v) is 3.03. The summed E-state index contributed by atoms with van der Waals surface area (Å²) in [7, 11) is 0. The lowest BCUT2D eigenvalue weighted by Gasteiger charge is -2.11. The zero-order chi connectivity index (χ0) is 13.0. The lowest BCUT2D eigenvalue weighted by atomic mass is 9.99. The number of carbonyl (C=O) groups excluding carboxylic acids is 1. The first-order chi connectivity index (χ1) is 7.91. The average molecular weight is 235 g/mol. The number of nitrogens with one attached hydrogen (secondary N) is 1. The fraction of sp³-hybridized carbons (Fsp3) is 0.500. The first-order valence-electron chi connectivity index (χ1n) is 5.94. The molecule has 0 bridgehead atoms. The molecule has 17 heavy (non-hydrogen) atoms. The quantitative estimate of drug-likeness (QED) is 0.833. The molecule has 1 aromatic carbocycles. The number of rotatable bonds is 4. The molecule has 0 saturated carbocycles. The van der Waals surface area contributed by atoms with Gasteiger partial charge in [0.15, 0.2) is 0 Å². The molecule has 1 rings (SSSR count). The van der Waals surface area contributed by atoms with E-state index in [0.717, 1.165) is 6.42 Å². The Hall–Kier alpha value is -1.35. The van der Waals surface area contributed by atoms with Crippen LogP contribution in [0.2, 0.25) is 0 Å². The predicted octanol–water partition coefficient (Wildman–Crippen LogP) is 1.65. The molecule has 1 amide bonds. The van der Waals surface area contributed by atoms with Gasteiger partial charge in [0.1, 0.15) is 6.10 Å². The Kier molecular flexibility index (Phi) is 4.70. The van der Waals surface area contributed by atoms with Crippen LogP contribution < -0.4 is 5.32 Å². The molecule has 3 nitrogen and oxygen atoms in total. The minimum Gasteiger partial charge on any atom is -0.384 e. The Morgan fingerprint density at radius 2 is 1.82 bits per heavy atom. The van der Waals surface area contributed by atoms with Gasteiger partial charge in [-0.15, -0.1) is 0 Å². The second-order valence-corrected chi connectivity index (χ2v) is 4.58. The van der Waals surface area contributed by atoms with Gasteiger partial charge in [0.25, 0.3) is 0 Å². The third kappa shape index (κ3) is 3.86. The molecule has 0 fully saturated rings. The molecule has 0 aliphatic carbocycles. The summed E-state index contributed by atoms with van der Waals surface area (Å²) in [6.07, 6.45) is -0.137. The third-order valence-electron chi connectivity index (χ3n) is 3.03. The summed E-state index contributed by atoms with van der Waals surface area (Å²) in [6, 6.07) is 4.33. The molecule has 1 unspecified atom stereocenters. The number of amides is 1. The summed E-state index contributed by atoms with van der Waals surface area (Å²) in [5.74, 6) is -0.313. The highest BCUT2D eigenvalue weighted by atomic mass is 16.3. The van der Waals surface area contributed by atoms with Crippen LogP contribution in [0.1, 0.15) is 29.2 Å². The van der Waals surface area contributed by atoms with Crippen molar-refractivity contribution in [3.8, 4) is 0 Å². The van der Waals surface area contributed by atoms with E-state index in [2.05, 4.69) is 38.2 Å². The monoisotopic (exact) mass is 235 g/mol. The van der Waals surface area contributed by atoms with Gasteiger partial charge < -0.3 is 10.4 Å². The van der Waals surface area contributed by atoms with E-state index in [1.165, 1.54) is 29.2 Å². The van der Waals surface area contributed by atoms with E-state index in [0.29, 0.717) is 6.54 Å². The molecular formula is C14H21NO2. The maximum atomic E-state index is 11.2. The zero-order valence-electron chi connectivity index (χ0n) is 11.0. The fourth-order valence-electron chi connectivity index (χ4n) is 1.76. The number of hydrogen-bond acceptors (Lipinski definition) is 2. The van der Waals surface area contributed by atoms with Gasteiger partial charge in [0.2, 0.25) is 5.91 Å². The van der Waals surface area contributed by atoms with Crippen LogP contribution >= 0.6 is 0 Å². The molecule has 2 N–H and O–H groups in total. The maximum absolute atomic E-state index is 11.2. The number of benzene rings is 1. The topological polar surface area (TPSA) is 49.3 Å². The summed E-state index contributed by atoms with van der Waals surface area (Å²) in [4.78, 5) is 11.2. The highest BCUT2D eigenvalue weighted by molar-refractivity contribution is 5.79. The Morgan fingerprint density at radius 1 is 1.24 bits per heavy atom. The summed E-state index contributed by atoms with van der Waals surface area (Å²) >= 11 is 0. The Bertz CT molecular complexity index is 411. The summed E-state index contributed by atoms with van der Waals surface area (Å²) in [5, 5.41) is 11.7. The smallest absolute Gasteiger partial charge is 0.248 e. The number of aliphatic hydroxyl groups is 1. The van der Waals surface area contributed by atoms with E-state index in [-0.39, 0.29) is 5.91 Å². The average Bonchev–Trinajstić information content (AvgIpc) is 2.25. The fourth-order valence-corrected chi connectivity index (χ4v) is 1.76. The van der Waals surface area contributed by atoms with Crippen molar-refractivity contribution in [2.75, 3.05) is 6.54 Å². The second-order valence-electron chi connectivity index (χ2n) is 4.58. The van der Waals surface area contributed by atoms with E-state index in [1.54, 1.807) is 0 Å². The number of aryl methyl sites for hydroxylation is 3. The summed E-state index contributed by atoms with van der Waals surface area (Å²) in [6.45, 7) is 8.30. The second kappa shape index (κ2) is 5.82. The maximum Gasteiger partial charge on any atom is 0.248 e. The van der Waals surface area contributed by atoms with E-state index < -0.39 is 6.10 Å². The van der Waals surface area contributed by atoms with E-state index in [4.69, 9.17) is 5.11 Å². The lowest BCUT2D eigenvalue weighted by Crippen LogP contribution is -2.33. The Balaban J connectivity index is 2.58. The molecule has 0 spiro atoms. The van der Waals surface area contributed by atoms with Crippen LogP contribution in [0.25, 0.3) is 0 Å². The molecular weight excluding hydrogens is 214 g/mol. The van der Waals surface area contributed by atoms with Crippen molar-refractivity contribution in [2.45, 2.75) is 40.2 Å². The molecule has 0 saturated heterocycles. The largest absolute Gasteiger partial charge is 0.384 e. The van der Waals surface area contributed by atoms with Crippen LogP contribution in [0.15, 0.2) is 12.1 Å². The van der Waals surface area contributed by atoms with Crippen LogP contribution in [0.3, 0.4) is 0 Å². The molecule has 0 heterocycles. The predicted molar refractivity (Wildman–Crippen MR) is 69.0 cm³/mol.